The van der Waals surface area contributed by atoms with Crippen molar-refractivity contribution >= 4 is 21.6 Å². The second-order valence-corrected chi connectivity index (χ2v) is 6.32. The zero-order chi connectivity index (χ0) is 13.7. The Kier molecular flexibility index (Phi) is 2.53. The van der Waals surface area contributed by atoms with Gasteiger partial charge in [-0.1, -0.05) is 0 Å². The molecule has 0 saturated heterocycles. The molecule has 3 aromatic rings. The van der Waals surface area contributed by atoms with Crippen LogP contribution in [0.5, 0.6) is 0 Å². The number of thiophene rings is 1. The summed E-state index contributed by atoms with van der Waals surface area (Å²) >= 11 is 1.68. The van der Waals surface area contributed by atoms with Crippen LogP contribution in [0.4, 0.5) is 0 Å². The Bertz CT molecular complexity index is 858. The van der Waals surface area contributed by atoms with E-state index in [4.69, 9.17) is 0 Å². The number of fused-ring (bicyclic) bond motifs is 3. The topological polar surface area (TPSA) is 52.7 Å². The number of hydrogen-bond donors (Lipinski definition) is 0. The minimum Gasteiger partial charge on any atom is -0.294 e. The molecule has 3 aromatic heterocycles. The molecule has 0 aliphatic heterocycles. The van der Waals surface area contributed by atoms with E-state index >= 15 is 0 Å². The Morgan fingerprint density at radius 3 is 3.10 bits per heavy atom. The molecule has 0 fully saturated rings. The van der Waals surface area contributed by atoms with Crippen molar-refractivity contribution in [2.75, 3.05) is 0 Å². The minimum absolute atomic E-state index is 0.0817. The third kappa shape index (κ3) is 1.71. The van der Waals surface area contributed by atoms with E-state index in [0.29, 0.717) is 6.54 Å². The molecule has 0 unspecified atom stereocenters. The van der Waals surface area contributed by atoms with Crippen LogP contribution in [-0.4, -0.2) is 19.3 Å². The van der Waals surface area contributed by atoms with E-state index in [9.17, 15) is 4.79 Å². The van der Waals surface area contributed by atoms with Crippen LogP contribution in [0.15, 0.2) is 23.5 Å². The van der Waals surface area contributed by atoms with E-state index in [-0.39, 0.29) is 5.56 Å². The molecule has 0 amide bonds. The van der Waals surface area contributed by atoms with Gasteiger partial charge >= 0.3 is 0 Å². The molecular weight excluding hydrogens is 272 g/mol. The van der Waals surface area contributed by atoms with Crippen LogP contribution in [0.3, 0.4) is 0 Å². The van der Waals surface area contributed by atoms with Crippen LogP contribution in [0.25, 0.3) is 10.2 Å². The predicted octanol–water partition coefficient (Wildman–Crippen LogP) is 1.73. The van der Waals surface area contributed by atoms with E-state index in [1.807, 2.05) is 13.2 Å². The molecule has 1 aliphatic carbocycles. The van der Waals surface area contributed by atoms with Gasteiger partial charge in [-0.05, 0) is 24.8 Å². The molecule has 5 nitrogen and oxygen atoms in total. The van der Waals surface area contributed by atoms with Gasteiger partial charge in [0.1, 0.15) is 4.83 Å². The maximum Gasteiger partial charge on any atom is 0.262 e. The molecule has 0 atom stereocenters. The van der Waals surface area contributed by atoms with Gasteiger partial charge in [-0.15, -0.1) is 11.3 Å². The van der Waals surface area contributed by atoms with Gasteiger partial charge in [0, 0.05) is 23.7 Å². The molecule has 0 aromatic carbocycles. The van der Waals surface area contributed by atoms with E-state index in [2.05, 4.69) is 10.1 Å². The van der Waals surface area contributed by atoms with Gasteiger partial charge in [0.25, 0.3) is 5.56 Å². The smallest absolute Gasteiger partial charge is 0.262 e. The van der Waals surface area contributed by atoms with E-state index in [1.165, 1.54) is 10.4 Å². The highest BCUT2D eigenvalue weighted by molar-refractivity contribution is 7.18. The van der Waals surface area contributed by atoms with Crippen molar-refractivity contribution in [2.24, 2.45) is 7.05 Å². The van der Waals surface area contributed by atoms with E-state index in [0.717, 1.165) is 35.0 Å². The van der Waals surface area contributed by atoms with Crippen LogP contribution in [-0.2, 0) is 26.4 Å². The Balaban J connectivity index is 1.85. The van der Waals surface area contributed by atoms with Crippen LogP contribution in [0.1, 0.15) is 22.4 Å². The summed E-state index contributed by atoms with van der Waals surface area (Å²) in [4.78, 5) is 19.4. The lowest BCUT2D eigenvalue weighted by Crippen LogP contribution is -2.21. The van der Waals surface area contributed by atoms with Gasteiger partial charge < -0.3 is 0 Å². The average molecular weight is 286 g/mol. The fourth-order valence-corrected chi connectivity index (χ4v) is 4.10. The second-order valence-electron chi connectivity index (χ2n) is 5.24. The van der Waals surface area contributed by atoms with E-state index in [1.54, 1.807) is 33.1 Å². The number of aryl methyl sites for hydroxylation is 3. The summed E-state index contributed by atoms with van der Waals surface area (Å²) in [6.07, 6.45) is 8.64. The summed E-state index contributed by atoms with van der Waals surface area (Å²) in [6.45, 7) is 0.528. The summed E-state index contributed by atoms with van der Waals surface area (Å²) in [5, 5.41) is 4.98. The Hall–Kier alpha value is -1.95. The Labute approximate surface area is 119 Å². The summed E-state index contributed by atoms with van der Waals surface area (Å²) < 4.78 is 3.43. The number of hydrogen-bond acceptors (Lipinski definition) is 4. The standard InChI is InChI=1S/C14H14N4OS/c1-17-6-9(5-16-17)7-18-8-15-13-12(14(18)19)10-3-2-4-11(10)20-13/h5-6,8H,2-4,7H2,1H3. The molecule has 0 bridgehead atoms. The Morgan fingerprint density at radius 1 is 1.40 bits per heavy atom. The Morgan fingerprint density at radius 2 is 2.30 bits per heavy atom. The van der Waals surface area contributed by atoms with Crippen molar-refractivity contribution < 1.29 is 0 Å². The summed E-state index contributed by atoms with van der Waals surface area (Å²) in [5.41, 5.74) is 2.34. The average Bonchev–Trinajstić information content (AvgIpc) is 3.08. The van der Waals surface area contributed by atoms with Gasteiger partial charge in [0.05, 0.1) is 24.5 Å². The van der Waals surface area contributed by atoms with Crippen molar-refractivity contribution in [3.05, 3.63) is 45.1 Å². The molecule has 0 saturated carbocycles. The lowest BCUT2D eigenvalue weighted by Gasteiger charge is -2.03. The summed E-state index contributed by atoms with van der Waals surface area (Å²) in [6, 6.07) is 0. The van der Waals surface area contributed by atoms with Crippen molar-refractivity contribution in [3.63, 3.8) is 0 Å². The lowest BCUT2D eigenvalue weighted by atomic mass is 10.2. The van der Waals surface area contributed by atoms with Crippen LogP contribution >= 0.6 is 11.3 Å². The SMILES string of the molecule is Cn1cc(Cn2cnc3sc4c(c3c2=O)CCC4)cn1. The third-order valence-electron chi connectivity index (χ3n) is 3.80. The van der Waals surface area contributed by atoms with Crippen LogP contribution in [0, 0.1) is 0 Å². The first kappa shape index (κ1) is 11.8. The van der Waals surface area contributed by atoms with Crippen molar-refractivity contribution in [1.29, 1.82) is 0 Å². The van der Waals surface area contributed by atoms with Crippen LogP contribution in [0.2, 0.25) is 0 Å². The third-order valence-corrected chi connectivity index (χ3v) is 5.00. The van der Waals surface area contributed by atoms with Crippen molar-refractivity contribution in [3.8, 4) is 0 Å². The summed E-state index contributed by atoms with van der Waals surface area (Å²) in [5.74, 6) is 0. The second kappa shape index (κ2) is 4.28. The monoisotopic (exact) mass is 286 g/mol. The number of nitrogens with zero attached hydrogens (tertiary/aromatic N) is 4. The zero-order valence-electron chi connectivity index (χ0n) is 11.2. The number of aromatic nitrogens is 4. The molecule has 102 valence electrons. The van der Waals surface area contributed by atoms with Gasteiger partial charge in [0.2, 0.25) is 0 Å². The molecule has 0 N–H and O–H groups in total. The van der Waals surface area contributed by atoms with Gasteiger partial charge in [-0.2, -0.15) is 5.10 Å². The zero-order valence-corrected chi connectivity index (χ0v) is 12.0. The lowest BCUT2D eigenvalue weighted by molar-refractivity contribution is 0.742. The normalized spacial score (nSPS) is 14.1. The van der Waals surface area contributed by atoms with Gasteiger partial charge in [-0.3, -0.25) is 14.0 Å². The molecule has 3 heterocycles. The fraction of sp³-hybridized carbons (Fsp3) is 0.357. The minimum atomic E-state index is 0.0817. The first-order valence-electron chi connectivity index (χ1n) is 6.69. The van der Waals surface area contributed by atoms with Crippen molar-refractivity contribution in [2.45, 2.75) is 25.8 Å². The highest BCUT2D eigenvalue weighted by Crippen LogP contribution is 2.34. The first-order valence-corrected chi connectivity index (χ1v) is 7.51. The maximum atomic E-state index is 12.7. The molecule has 0 spiro atoms. The maximum absolute atomic E-state index is 12.7. The highest BCUT2D eigenvalue weighted by Gasteiger charge is 2.21. The molecular formula is C14H14N4OS. The molecule has 0 radical (unpaired) electrons. The first-order chi connectivity index (χ1) is 9.72. The highest BCUT2D eigenvalue weighted by atomic mass is 32.1. The largest absolute Gasteiger partial charge is 0.294 e. The summed E-state index contributed by atoms with van der Waals surface area (Å²) in [7, 11) is 1.87. The molecule has 6 heteroatoms. The molecule has 1 aliphatic rings. The van der Waals surface area contributed by atoms with Gasteiger partial charge in [-0.25, -0.2) is 4.98 Å². The van der Waals surface area contributed by atoms with Crippen molar-refractivity contribution in [1.82, 2.24) is 19.3 Å². The van der Waals surface area contributed by atoms with Crippen LogP contribution < -0.4 is 5.56 Å². The molecule has 4 rings (SSSR count). The predicted molar refractivity (Wildman–Crippen MR) is 78.2 cm³/mol. The quantitative estimate of drug-likeness (QED) is 0.721. The molecule has 20 heavy (non-hydrogen) atoms. The fourth-order valence-electron chi connectivity index (χ4n) is 2.88. The number of rotatable bonds is 2. The van der Waals surface area contributed by atoms with E-state index < -0.39 is 0 Å². The van der Waals surface area contributed by atoms with Gasteiger partial charge in [0.15, 0.2) is 0 Å².